The van der Waals surface area contributed by atoms with Gasteiger partial charge in [-0.2, -0.15) is 0 Å². The highest BCUT2D eigenvalue weighted by molar-refractivity contribution is 5.37. The summed E-state index contributed by atoms with van der Waals surface area (Å²) in [6, 6.07) is 7.04. The van der Waals surface area contributed by atoms with Gasteiger partial charge in [-0.3, -0.25) is 0 Å². The zero-order valence-electron chi connectivity index (χ0n) is 13.8. The maximum Gasteiger partial charge on any atom is 0.122 e. The van der Waals surface area contributed by atoms with E-state index in [-0.39, 0.29) is 0 Å². The van der Waals surface area contributed by atoms with Crippen LogP contribution in [0.4, 0.5) is 0 Å². The molecule has 0 saturated heterocycles. The molecule has 1 atom stereocenters. The number of ether oxygens (including phenoxy) is 1. The average molecular weight is 277 g/mol. The first-order valence-electron chi connectivity index (χ1n) is 7.96. The summed E-state index contributed by atoms with van der Waals surface area (Å²) in [4.78, 5) is 0. The highest BCUT2D eigenvalue weighted by atomic mass is 16.5. The van der Waals surface area contributed by atoms with Crippen LogP contribution in [0.25, 0.3) is 0 Å². The summed E-state index contributed by atoms with van der Waals surface area (Å²) >= 11 is 0. The van der Waals surface area contributed by atoms with Gasteiger partial charge in [0.15, 0.2) is 0 Å². The maximum absolute atomic E-state index is 5.46. The summed E-state index contributed by atoms with van der Waals surface area (Å²) in [5.74, 6) is 1.78. The zero-order chi connectivity index (χ0) is 15.0. The van der Waals surface area contributed by atoms with Crippen LogP contribution >= 0.6 is 0 Å². The molecule has 2 nitrogen and oxygen atoms in total. The minimum atomic E-state index is 0.447. The Morgan fingerprint density at radius 3 is 2.55 bits per heavy atom. The molecule has 1 aromatic carbocycles. The fraction of sp³-hybridized carbons (Fsp3) is 0.667. The van der Waals surface area contributed by atoms with Crippen molar-refractivity contribution in [2.75, 3.05) is 13.7 Å². The third-order valence-electron chi connectivity index (χ3n) is 3.75. The second kappa shape index (κ2) is 9.02. The first kappa shape index (κ1) is 17.0. The van der Waals surface area contributed by atoms with E-state index in [4.69, 9.17) is 4.74 Å². The van der Waals surface area contributed by atoms with Gasteiger partial charge in [0.2, 0.25) is 0 Å². The summed E-state index contributed by atoms with van der Waals surface area (Å²) in [5, 5.41) is 3.67. The van der Waals surface area contributed by atoms with Crippen molar-refractivity contribution in [2.45, 2.75) is 59.4 Å². The van der Waals surface area contributed by atoms with Gasteiger partial charge in [0.1, 0.15) is 5.75 Å². The van der Waals surface area contributed by atoms with E-state index >= 15 is 0 Å². The predicted molar refractivity (Wildman–Crippen MR) is 87.5 cm³/mol. The first-order chi connectivity index (χ1) is 9.58. The van der Waals surface area contributed by atoms with Gasteiger partial charge in [-0.25, -0.2) is 0 Å². The SMILES string of the molecule is CCCNC(CCCC(C)C)c1ccc(C)c(OC)c1. The lowest BCUT2D eigenvalue weighted by Crippen LogP contribution is -2.22. The van der Waals surface area contributed by atoms with Gasteiger partial charge < -0.3 is 10.1 Å². The Hall–Kier alpha value is -1.02. The third-order valence-corrected chi connectivity index (χ3v) is 3.75. The molecule has 1 N–H and O–H groups in total. The van der Waals surface area contributed by atoms with E-state index in [1.807, 2.05) is 0 Å². The van der Waals surface area contributed by atoms with Gasteiger partial charge in [0.05, 0.1) is 7.11 Å². The Bertz CT molecular complexity index is 387. The molecule has 1 aromatic rings. The Morgan fingerprint density at radius 2 is 1.95 bits per heavy atom. The van der Waals surface area contributed by atoms with Crippen molar-refractivity contribution in [3.63, 3.8) is 0 Å². The minimum Gasteiger partial charge on any atom is -0.496 e. The van der Waals surface area contributed by atoms with Gasteiger partial charge >= 0.3 is 0 Å². The number of methoxy groups -OCH3 is 1. The Morgan fingerprint density at radius 1 is 1.20 bits per heavy atom. The molecule has 2 heteroatoms. The van der Waals surface area contributed by atoms with Crippen LogP contribution in [0.5, 0.6) is 5.75 Å². The van der Waals surface area contributed by atoms with E-state index < -0.39 is 0 Å². The van der Waals surface area contributed by atoms with Gasteiger partial charge in [-0.05, 0) is 49.4 Å². The van der Waals surface area contributed by atoms with E-state index in [1.54, 1.807) is 7.11 Å². The van der Waals surface area contributed by atoms with Crippen molar-refractivity contribution in [3.05, 3.63) is 29.3 Å². The number of hydrogen-bond donors (Lipinski definition) is 1. The number of aryl methyl sites for hydroxylation is 1. The molecular weight excluding hydrogens is 246 g/mol. The Labute approximate surface area is 124 Å². The Balaban J connectivity index is 2.75. The molecule has 0 radical (unpaired) electrons. The average Bonchev–Trinajstić information content (AvgIpc) is 2.43. The summed E-state index contributed by atoms with van der Waals surface area (Å²) in [6.07, 6.45) is 4.94. The fourth-order valence-corrected chi connectivity index (χ4v) is 2.49. The summed E-state index contributed by atoms with van der Waals surface area (Å²) in [5.41, 5.74) is 2.55. The van der Waals surface area contributed by atoms with Gasteiger partial charge in [-0.15, -0.1) is 0 Å². The lowest BCUT2D eigenvalue weighted by Gasteiger charge is -2.20. The van der Waals surface area contributed by atoms with Crippen LogP contribution in [-0.4, -0.2) is 13.7 Å². The molecule has 0 aliphatic heterocycles. The standard InChI is InChI=1S/C18H31NO/c1-6-12-19-17(9-7-8-14(2)3)16-11-10-15(4)18(13-16)20-5/h10-11,13-14,17,19H,6-9,12H2,1-5H3. The van der Waals surface area contributed by atoms with E-state index in [2.05, 4.69) is 51.2 Å². The van der Waals surface area contributed by atoms with Crippen molar-refractivity contribution < 1.29 is 4.74 Å². The van der Waals surface area contributed by atoms with Gasteiger partial charge in [-0.1, -0.05) is 45.7 Å². The highest BCUT2D eigenvalue weighted by Gasteiger charge is 2.12. The largest absolute Gasteiger partial charge is 0.496 e. The van der Waals surface area contributed by atoms with Crippen LogP contribution in [0.15, 0.2) is 18.2 Å². The van der Waals surface area contributed by atoms with E-state index in [0.29, 0.717) is 6.04 Å². The highest BCUT2D eigenvalue weighted by Crippen LogP contribution is 2.26. The van der Waals surface area contributed by atoms with Crippen LogP contribution in [-0.2, 0) is 0 Å². The molecule has 0 aliphatic rings. The molecule has 0 spiro atoms. The molecular formula is C18H31NO. The monoisotopic (exact) mass is 277 g/mol. The topological polar surface area (TPSA) is 21.3 Å². The zero-order valence-corrected chi connectivity index (χ0v) is 13.8. The summed E-state index contributed by atoms with van der Waals surface area (Å²) in [7, 11) is 1.75. The van der Waals surface area contributed by atoms with E-state index in [9.17, 15) is 0 Å². The number of nitrogens with one attached hydrogen (secondary N) is 1. The summed E-state index contributed by atoms with van der Waals surface area (Å²) < 4.78 is 5.46. The normalized spacial score (nSPS) is 12.7. The second-order valence-corrected chi connectivity index (χ2v) is 6.06. The van der Waals surface area contributed by atoms with Crippen molar-refractivity contribution in [2.24, 2.45) is 5.92 Å². The Kier molecular flexibility index (Phi) is 7.68. The van der Waals surface area contributed by atoms with Crippen LogP contribution in [0.2, 0.25) is 0 Å². The molecule has 0 aliphatic carbocycles. The molecule has 0 fully saturated rings. The molecule has 20 heavy (non-hydrogen) atoms. The number of benzene rings is 1. The van der Waals surface area contributed by atoms with E-state index in [1.165, 1.54) is 36.8 Å². The molecule has 114 valence electrons. The maximum atomic E-state index is 5.46. The van der Waals surface area contributed by atoms with Crippen molar-refractivity contribution in [3.8, 4) is 5.75 Å². The van der Waals surface area contributed by atoms with Crippen molar-refractivity contribution in [1.29, 1.82) is 0 Å². The van der Waals surface area contributed by atoms with Crippen LogP contribution in [0.1, 0.15) is 63.6 Å². The number of hydrogen-bond acceptors (Lipinski definition) is 2. The second-order valence-electron chi connectivity index (χ2n) is 6.06. The van der Waals surface area contributed by atoms with Crippen LogP contribution in [0, 0.1) is 12.8 Å². The molecule has 0 amide bonds. The first-order valence-corrected chi connectivity index (χ1v) is 7.96. The van der Waals surface area contributed by atoms with Crippen LogP contribution < -0.4 is 10.1 Å². The minimum absolute atomic E-state index is 0.447. The van der Waals surface area contributed by atoms with Crippen LogP contribution in [0.3, 0.4) is 0 Å². The predicted octanol–water partition coefficient (Wildman–Crippen LogP) is 4.87. The molecule has 0 heterocycles. The molecule has 0 saturated carbocycles. The van der Waals surface area contributed by atoms with Crippen molar-refractivity contribution in [1.82, 2.24) is 5.32 Å². The van der Waals surface area contributed by atoms with Crippen molar-refractivity contribution >= 4 is 0 Å². The quantitative estimate of drug-likeness (QED) is 0.695. The fourth-order valence-electron chi connectivity index (χ4n) is 2.49. The molecule has 1 rings (SSSR count). The lowest BCUT2D eigenvalue weighted by atomic mass is 9.97. The molecule has 0 bridgehead atoms. The lowest BCUT2D eigenvalue weighted by molar-refractivity contribution is 0.407. The van der Waals surface area contributed by atoms with Gasteiger partial charge in [0, 0.05) is 6.04 Å². The third kappa shape index (κ3) is 5.54. The molecule has 1 unspecified atom stereocenters. The van der Waals surface area contributed by atoms with Gasteiger partial charge in [0.25, 0.3) is 0 Å². The van der Waals surface area contributed by atoms with E-state index in [0.717, 1.165) is 18.2 Å². The number of rotatable bonds is 9. The smallest absolute Gasteiger partial charge is 0.122 e. The molecule has 0 aromatic heterocycles. The summed E-state index contributed by atoms with van der Waals surface area (Å²) in [6.45, 7) is 9.97.